The van der Waals surface area contributed by atoms with Crippen LogP contribution in [0.15, 0.2) is 29.2 Å². The van der Waals surface area contributed by atoms with Gasteiger partial charge >= 0.3 is 0 Å². The zero-order valence-electron chi connectivity index (χ0n) is 11.2. The number of halogens is 1. The largest absolute Gasteiger partial charge is 0.379 e. The molecule has 0 amide bonds. The van der Waals surface area contributed by atoms with Crippen LogP contribution in [-0.4, -0.2) is 52.7 Å². The van der Waals surface area contributed by atoms with E-state index in [9.17, 15) is 8.42 Å². The molecule has 1 aliphatic heterocycles. The van der Waals surface area contributed by atoms with Crippen molar-refractivity contribution in [1.82, 2.24) is 9.62 Å². The van der Waals surface area contributed by atoms with E-state index in [1.54, 1.807) is 12.1 Å². The molecular formula is C13H19BrN2O3S. The molecule has 0 aliphatic carbocycles. The molecule has 1 saturated heterocycles. The van der Waals surface area contributed by atoms with Crippen molar-refractivity contribution in [2.75, 3.05) is 39.4 Å². The molecule has 1 aromatic carbocycles. The molecule has 5 nitrogen and oxygen atoms in total. The zero-order chi connectivity index (χ0) is 14.4. The van der Waals surface area contributed by atoms with Gasteiger partial charge in [-0.1, -0.05) is 28.1 Å². The van der Waals surface area contributed by atoms with E-state index in [1.807, 2.05) is 12.1 Å². The molecule has 1 N–H and O–H groups in total. The van der Waals surface area contributed by atoms with Crippen LogP contribution in [-0.2, 0) is 20.1 Å². The van der Waals surface area contributed by atoms with E-state index in [0.29, 0.717) is 18.0 Å². The van der Waals surface area contributed by atoms with E-state index in [1.165, 1.54) is 0 Å². The molecule has 0 bridgehead atoms. The predicted octanol–water partition coefficient (Wildman–Crippen LogP) is 1.19. The van der Waals surface area contributed by atoms with Gasteiger partial charge < -0.3 is 4.74 Å². The number of sulfonamides is 1. The summed E-state index contributed by atoms with van der Waals surface area (Å²) >= 11 is 3.34. The van der Waals surface area contributed by atoms with Gasteiger partial charge in [-0.3, -0.25) is 4.90 Å². The van der Waals surface area contributed by atoms with Crippen molar-refractivity contribution >= 4 is 26.0 Å². The van der Waals surface area contributed by atoms with Gasteiger partial charge in [0.25, 0.3) is 0 Å². The van der Waals surface area contributed by atoms with Gasteiger partial charge in [-0.15, -0.1) is 0 Å². The van der Waals surface area contributed by atoms with E-state index in [0.717, 1.165) is 37.2 Å². The van der Waals surface area contributed by atoms with Crippen molar-refractivity contribution in [3.8, 4) is 0 Å². The molecule has 1 fully saturated rings. The van der Waals surface area contributed by atoms with Crippen LogP contribution in [0.3, 0.4) is 0 Å². The second kappa shape index (κ2) is 7.51. The summed E-state index contributed by atoms with van der Waals surface area (Å²) in [5.74, 6) is 0. The smallest absolute Gasteiger partial charge is 0.240 e. The lowest BCUT2D eigenvalue weighted by Gasteiger charge is -2.26. The first-order chi connectivity index (χ1) is 9.62. The van der Waals surface area contributed by atoms with Crippen LogP contribution in [0.4, 0.5) is 0 Å². The number of benzene rings is 1. The standard InChI is InChI=1S/C13H19BrN2O3S/c14-11-12-1-3-13(4-2-12)20(17,18)15-5-6-16-7-9-19-10-8-16/h1-4,15H,5-11H2. The second-order valence-electron chi connectivity index (χ2n) is 4.63. The van der Waals surface area contributed by atoms with Crippen molar-refractivity contribution in [1.29, 1.82) is 0 Å². The summed E-state index contributed by atoms with van der Waals surface area (Å²) in [5, 5.41) is 0.720. The van der Waals surface area contributed by atoms with Crippen molar-refractivity contribution in [3.05, 3.63) is 29.8 Å². The van der Waals surface area contributed by atoms with Crippen molar-refractivity contribution < 1.29 is 13.2 Å². The van der Waals surface area contributed by atoms with Crippen LogP contribution < -0.4 is 4.72 Å². The molecule has 7 heteroatoms. The lowest BCUT2D eigenvalue weighted by atomic mass is 10.2. The highest BCUT2D eigenvalue weighted by Crippen LogP contribution is 2.12. The number of nitrogens with zero attached hydrogens (tertiary/aromatic N) is 1. The summed E-state index contributed by atoms with van der Waals surface area (Å²) in [6.45, 7) is 4.30. The normalized spacial score (nSPS) is 17.2. The number of ether oxygens (including phenoxy) is 1. The summed E-state index contributed by atoms with van der Waals surface area (Å²) in [5.41, 5.74) is 1.05. The van der Waals surface area contributed by atoms with Crippen LogP contribution in [0.2, 0.25) is 0 Å². The van der Waals surface area contributed by atoms with Gasteiger partial charge in [0.1, 0.15) is 0 Å². The van der Waals surface area contributed by atoms with Crippen LogP contribution in [0, 0.1) is 0 Å². The van der Waals surface area contributed by atoms with Crippen LogP contribution in [0.1, 0.15) is 5.56 Å². The quantitative estimate of drug-likeness (QED) is 0.772. The minimum Gasteiger partial charge on any atom is -0.379 e. The molecule has 1 heterocycles. The molecule has 0 atom stereocenters. The topological polar surface area (TPSA) is 58.6 Å². The maximum atomic E-state index is 12.1. The molecule has 20 heavy (non-hydrogen) atoms. The lowest BCUT2D eigenvalue weighted by molar-refractivity contribution is 0.0390. The Morgan fingerprint density at radius 3 is 2.45 bits per heavy atom. The molecule has 0 aromatic heterocycles. The third-order valence-corrected chi connectivity index (χ3v) is 5.34. The maximum absolute atomic E-state index is 12.1. The molecule has 0 saturated carbocycles. The molecule has 1 aromatic rings. The number of hydrogen-bond acceptors (Lipinski definition) is 4. The van der Waals surface area contributed by atoms with Gasteiger partial charge in [-0.25, -0.2) is 13.1 Å². The van der Waals surface area contributed by atoms with Crippen molar-refractivity contribution in [2.45, 2.75) is 10.2 Å². The fourth-order valence-corrected chi connectivity index (χ4v) is 3.40. The fourth-order valence-electron chi connectivity index (χ4n) is 2.00. The van der Waals surface area contributed by atoms with Gasteiger partial charge in [0.05, 0.1) is 18.1 Å². The van der Waals surface area contributed by atoms with Crippen LogP contribution >= 0.6 is 15.9 Å². The highest BCUT2D eigenvalue weighted by molar-refractivity contribution is 9.08. The summed E-state index contributed by atoms with van der Waals surface area (Å²) < 4.78 is 32.1. The fraction of sp³-hybridized carbons (Fsp3) is 0.538. The first-order valence-electron chi connectivity index (χ1n) is 6.56. The zero-order valence-corrected chi connectivity index (χ0v) is 13.6. The summed E-state index contributed by atoms with van der Waals surface area (Å²) in [6, 6.07) is 6.89. The third kappa shape index (κ3) is 4.53. The van der Waals surface area contributed by atoms with E-state index in [2.05, 4.69) is 25.6 Å². The van der Waals surface area contributed by atoms with Gasteiger partial charge in [0.2, 0.25) is 10.0 Å². The first-order valence-corrected chi connectivity index (χ1v) is 9.17. The summed E-state index contributed by atoms with van der Waals surface area (Å²) in [6.07, 6.45) is 0. The molecular weight excluding hydrogens is 344 g/mol. The highest BCUT2D eigenvalue weighted by Gasteiger charge is 2.15. The van der Waals surface area contributed by atoms with Crippen molar-refractivity contribution in [2.24, 2.45) is 0 Å². The number of nitrogens with one attached hydrogen (secondary N) is 1. The van der Waals surface area contributed by atoms with E-state index in [-0.39, 0.29) is 0 Å². The maximum Gasteiger partial charge on any atom is 0.240 e. The predicted molar refractivity (Wildman–Crippen MR) is 81.5 cm³/mol. The average Bonchev–Trinajstić information content (AvgIpc) is 2.48. The molecule has 0 radical (unpaired) electrons. The lowest BCUT2D eigenvalue weighted by Crippen LogP contribution is -2.41. The Hall–Kier alpha value is -0.470. The van der Waals surface area contributed by atoms with Crippen LogP contribution in [0.25, 0.3) is 0 Å². The first kappa shape index (κ1) is 15.9. The second-order valence-corrected chi connectivity index (χ2v) is 6.96. The Labute approximate surface area is 128 Å². The van der Waals surface area contributed by atoms with Gasteiger partial charge in [0.15, 0.2) is 0 Å². The Kier molecular flexibility index (Phi) is 5.98. The number of morpholine rings is 1. The van der Waals surface area contributed by atoms with Gasteiger partial charge in [0, 0.05) is 31.5 Å². The molecule has 112 valence electrons. The third-order valence-electron chi connectivity index (χ3n) is 3.21. The minimum atomic E-state index is -3.41. The SMILES string of the molecule is O=S(=O)(NCCN1CCOCC1)c1ccc(CBr)cc1. The average molecular weight is 363 g/mol. The molecule has 1 aliphatic rings. The number of hydrogen-bond donors (Lipinski definition) is 1. The van der Waals surface area contributed by atoms with E-state index in [4.69, 9.17) is 4.74 Å². The highest BCUT2D eigenvalue weighted by atomic mass is 79.9. The van der Waals surface area contributed by atoms with Gasteiger partial charge in [-0.05, 0) is 17.7 Å². The summed E-state index contributed by atoms with van der Waals surface area (Å²) in [7, 11) is -3.41. The molecule has 0 spiro atoms. The number of rotatable bonds is 6. The molecule has 2 rings (SSSR count). The Balaban J connectivity index is 1.86. The van der Waals surface area contributed by atoms with Crippen LogP contribution in [0.5, 0.6) is 0 Å². The van der Waals surface area contributed by atoms with E-state index < -0.39 is 10.0 Å². The van der Waals surface area contributed by atoms with Crippen molar-refractivity contribution in [3.63, 3.8) is 0 Å². The Bertz CT molecular complexity index is 513. The minimum absolute atomic E-state index is 0.309. The van der Waals surface area contributed by atoms with E-state index >= 15 is 0 Å². The summed E-state index contributed by atoms with van der Waals surface area (Å²) in [4.78, 5) is 2.50. The Morgan fingerprint density at radius 2 is 1.85 bits per heavy atom. The van der Waals surface area contributed by atoms with Gasteiger partial charge in [-0.2, -0.15) is 0 Å². The molecule has 0 unspecified atom stereocenters. The number of alkyl halides is 1. The Morgan fingerprint density at radius 1 is 1.20 bits per heavy atom. The monoisotopic (exact) mass is 362 g/mol.